The molecule has 0 amide bonds. The van der Waals surface area contributed by atoms with Gasteiger partial charge in [0.2, 0.25) is 0 Å². The van der Waals surface area contributed by atoms with E-state index in [9.17, 15) is 5.11 Å². The summed E-state index contributed by atoms with van der Waals surface area (Å²) >= 11 is 0. The molecule has 1 aliphatic heterocycles. The fraction of sp³-hybridized carbons (Fsp3) is 0.273. The third-order valence-corrected chi connectivity index (χ3v) is 2.17. The summed E-state index contributed by atoms with van der Waals surface area (Å²) in [6.07, 6.45) is 5.17. The number of hydrogen-bond donors (Lipinski definition) is 1. The lowest BCUT2D eigenvalue weighted by Crippen LogP contribution is -2.15. The molecule has 1 aromatic carbocycles. The van der Waals surface area contributed by atoms with Crippen LogP contribution in [0.25, 0.3) is 6.08 Å². The lowest BCUT2D eigenvalue weighted by Gasteiger charge is -2.20. The lowest BCUT2D eigenvalue weighted by atomic mass is 10.1. The van der Waals surface area contributed by atoms with E-state index in [4.69, 9.17) is 4.74 Å². The second-order valence-corrected chi connectivity index (χ2v) is 3.15. The highest BCUT2D eigenvalue weighted by atomic mass is 16.5. The van der Waals surface area contributed by atoms with Crippen molar-refractivity contribution in [2.75, 3.05) is 0 Å². The van der Waals surface area contributed by atoms with E-state index in [1.165, 1.54) is 0 Å². The van der Waals surface area contributed by atoms with Gasteiger partial charge in [-0.05, 0) is 24.6 Å². The van der Waals surface area contributed by atoms with Crippen molar-refractivity contribution in [1.82, 2.24) is 0 Å². The smallest absolute Gasteiger partial charge is 0.131 e. The van der Waals surface area contributed by atoms with Gasteiger partial charge in [0.05, 0.1) is 0 Å². The molecule has 2 rings (SSSR count). The summed E-state index contributed by atoms with van der Waals surface area (Å²) in [4.78, 5) is 0. The van der Waals surface area contributed by atoms with Gasteiger partial charge in [-0.25, -0.2) is 0 Å². The summed E-state index contributed by atoms with van der Waals surface area (Å²) in [6, 6.07) is 5.17. The van der Waals surface area contributed by atoms with E-state index < -0.39 is 0 Å². The summed E-state index contributed by atoms with van der Waals surface area (Å²) in [5, 5.41) is 9.24. The van der Waals surface area contributed by atoms with Gasteiger partial charge in [0.25, 0.3) is 0 Å². The molecule has 0 radical (unpaired) electrons. The molecule has 0 saturated heterocycles. The van der Waals surface area contributed by atoms with Crippen LogP contribution in [0.4, 0.5) is 0 Å². The zero-order valence-corrected chi connectivity index (χ0v) is 7.53. The maximum atomic E-state index is 9.24. The van der Waals surface area contributed by atoms with Crippen molar-refractivity contribution in [3.8, 4) is 11.5 Å². The van der Waals surface area contributed by atoms with Crippen LogP contribution in [0.1, 0.15) is 18.9 Å². The minimum absolute atomic E-state index is 0.147. The summed E-state index contributed by atoms with van der Waals surface area (Å²) in [5.41, 5.74) is 1.03. The van der Waals surface area contributed by atoms with Crippen molar-refractivity contribution in [3.05, 3.63) is 29.8 Å². The third-order valence-electron chi connectivity index (χ3n) is 2.17. The molecule has 2 nitrogen and oxygen atoms in total. The van der Waals surface area contributed by atoms with E-state index in [1.807, 2.05) is 18.2 Å². The SMILES string of the molecule is CC[C@@H]1C=Cc2ccc(O)cc2O1. The predicted molar refractivity (Wildman–Crippen MR) is 51.8 cm³/mol. The lowest BCUT2D eigenvalue weighted by molar-refractivity contribution is 0.240. The minimum Gasteiger partial charge on any atom is -0.508 e. The maximum absolute atomic E-state index is 9.24. The molecule has 0 spiro atoms. The molecule has 0 saturated carbocycles. The van der Waals surface area contributed by atoms with Crippen LogP contribution in [0.2, 0.25) is 0 Å². The van der Waals surface area contributed by atoms with Gasteiger partial charge in [0, 0.05) is 11.6 Å². The zero-order valence-electron chi connectivity index (χ0n) is 7.53. The summed E-state index contributed by atoms with van der Waals surface area (Å²) in [6.45, 7) is 2.07. The van der Waals surface area contributed by atoms with Gasteiger partial charge in [-0.2, -0.15) is 0 Å². The van der Waals surface area contributed by atoms with E-state index in [2.05, 4.69) is 6.92 Å². The Kier molecular flexibility index (Phi) is 1.97. The second kappa shape index (κ2) is 3.13. The second-order valence-electron chi connectivity index (χ2n) is 3.15. The van der Waals surface area contributed by atoms with E-state index in [0.717, 1.165) is 17.7 Å². The standard InChI is InChI=1S/C11H12O2/c1-2-10-6-4-8-3-5-9(12)7-11(8)13-10/h3-7,10,12H,2H2,1H3/t10-/m1/s1. The van der Waals surface area contributed by atoms with Gasteiger partial charge < -0.3 is 9.84 Å². The molecule has 68 valence electrons. The first-order valence-electron chi connectivity index (χ1n) is 4.47. The van der Waals surface area contributed by atoms with Crippen LogP contribution in [0, 0.1) is 0 Å². The number of fused-ring (bicyclic) bond motifs is 1. The fourth-order valence-electron chi connectivity index (χ4n) is 1.40. The maximum Gasteiger partial charge on any atom is 0.131 e. The van der Waals surface area contributed by atoms with Gasteiger partial charge in [0.15, 0.2) is 0 Å². The Morgan fingerprint density at radius 3 is 3.08 bits per heavy atom. The van der Waals surface area contributed by atoms with Gasteiger partial charge in [0.1, 0.15) is 17.6 Å². The zero-order chi connectivity index (χ0) is 9.26. The van der Waals surface area contributed by atoms with Gasteiger partial charge in [-0.15, -0.1) is 0 Å². The van der Waals surface area contributed by atoms with Crippen molar-refractivity contribution in [2.24, 2.45) is 0 Å². The Morgan fingerprint density at radius 2 is 2.31 bits per heavy atom. The number of ether oxygens (including phenoxy) is 1. The van der Waals surface area contributed by atoms with Crippen LogP contribution in [0.3, 0.4) is 0 Å². The number of rotatable bonds is 1. The Bertz CT molecular complexity index is 342. The number of phenolic OH excluding ortho intramolecular Hbond substituents is 1. The molecule has 1 N–H and O–H groups in total. The monoisotopic (exact) mass is 176 g/mol. The van der Waals surface area contributed by atoms with Crippen LogP contribution in [-0.2, 0) is 0 Å². The van der Waals surface area contributed by atoms with E-state index in [-0.39, 0.29) is 11.9 Å². The number of phenols is 1. The third kappa shape index (κ3) is 1.52. The molecule has 0 fully saturated rings. The van der Waals surface area contributed by atoms with Gasteiger partial charge in [-0.1, -0.05) is 13.0 Å². The van der Waals surface area contributed by atoms with Crippen molar-refractivity contribution in [2.45, 2.75) is 19.4 Å². The Morgan fingerprint density at radius 1 is 1.46 bits per heavy atom. The Hall–Kier alpha value is -1.44. The molecule has 1 heterocycles. The molecule has 0 unspecified atom stereocenters. The highest BCUT2D eigenvalue weighted by molar-refractivity contribution is 5.61. The molecule has 1 aromatic rings. The number of aromatic hydroxyl groups is 1. The predicted octanol–water partition coefficient (Wildman–Crippen LogP) is 2.58. The largest absolute Gasteiger partial charge is 0.508 e. The quantitative estimate of drug-likeness (QED) is 0.712. The summed E-state index contributed by atoms with van der Waals surface area (Å²) < 4.78 is 5.62. The summed E-state index contributed by atoms with van der Waals surface area (Å²) in [5.74, 6) is 1.03. The van der Waals surface area contributed by atoms with E-state index in [1.54, 1.807) is 12.1 Å². The van der Waals surface area contributed by atoms with Crippen molar-refractivity contribution in [1.29, 1.82) is 0 Å². The van der Waals surface area contributed by atoms with Crippen LogP contribution < -0.4 is 4.74 Å². The Balaban J connectivity index is 2.36. The molecular formula is C11H12O2. The molecule has 13 heavy (non-hydrogen) atoms. The van der Waals surface area contributed by atoms with E-state index >= 15 is 0 Å². The average molecular weight is 176 g/mol. The molecule has 1 atom stereocenters. The molecule has 0 aliphatic carbocycles. The number of benzene rings is 1. The normalized spacial score (nSPS) is 19.3. The van der Waals surface area contributed by atoms with Crippen molar-refractivity contribution >= 4 is 6.08 Å². The summed E-state index contributed by atoms with van der Waals surface area (Å²) in [7, 11) is 0. The van der Waals surface area contributed by atoms with Crippen molar-refractivity contribution in [3.63, 3.8) is 0 Å². The fourth-order valence-corrected chi connectivity index (χ4v) is 1.40. The molecule has 1 aliphatic rings. The first kappa shape index (κ1) is 8.17. The van der Waals surface area contributed by atoms with E-state index in [0.29, 0.717) is 0 Å². The van der Waals surface area contributed by atoms with Gasteiger partial charge in [-0.3, -0.25) is 0 Å². The first-order valence-corrected chi connectivity index (χ1v) is 4.47. The van der Waals surface area contributed by atoms with Gasteiger partial charge >= 0.3 is 0 Å². The topological polar surface area (TPSA) is 29.5 Å². The number of hydrogen-bond acceptors (Lipinski definition) is 2. The van der Waals surface area contributed by atoms with Crippen LogP contribution in [-0.4, -0.2) is 11.2 Å². The highest BCUT2D eigenvalue weighted by Crippen LogP contribution is 2.29. The van der Waals surface area contributed by atoms with Crippen LogP contribution >= 0.6 is 0 Å². The van der Waals surface area contributed by atoms with Crippen molar-refractivity contribution < 1.29 is 9.84 Å². The Labute approximate surface area is 77.5 Å². The molecular weight excluding hydrogens is 164 g/mol. The first-order chi connectivity index (χ1) is 6.29. The molecule has 0 aromatic heterocycles. The molecule has 0 bridgehead atoms. The van der Waals surface area contributed by atoms with Crippen LogP contribution in [0.5, 0.6) is 11.5 Å². The van der Waals surface area contributed by atoms with Crippen LogP contribution in [0.15, 0.2) is 24.3 Å². The molecule has 2 heteroatoms. The minimum atomic E-state index is 0.147. The average Bonchev–Trinajstić information content (AvgIpc) is 2.16. The highest BCUT2D eigenvalue weighted by Gasteiger charge is 2.12.